The maximum atomic E-state index is 13.2. The number of fused-ring (bicyclic) bond motifs is 4. The second-order valence-corrected chi connectivity index (χ2v) is 9.61. The van der Waals surface area contributed by atoms with Crippen LogP contribution in [0.1, 0.15) is 31.5 Å². The van der Waals surface area contributed by atoms with Crippen LogP contribution in [0.15, 0.2) is 84.0 Å². The first kappa shape index (κ1) is 26.8. The average Bonchev–Trinajstić information content (AvgIpc) is 2.93. The van der Waals surface area contributed by atoms with Gasteiger partial charge < -0.3 is 29.0 Å². The summed E-state index contributed by atoms with van der Waals surface area (Å²) in [7, 11) is 3.13. The van der Waals surface area contributed by atoms with Crippen molar-refractivity contribution in [2.24, 2.45) is 5.92 Å². The molecule has 40 heavy (non-hydrogen) atoms. The molecule has 5 rings (SSSR count). The molecule has 1 N–H and O–H groups in total. The number of hydrogen-bond donors (Lipinski definition) is 1. The minimum Gasteiger partial charge on any atom is -0.497 e. The van der Waals surface area contributed by atoms with E-state index in [1.807, 2.05) is 19.1 Å². The van der Waals surface area contributed by atoms with Gasteiger partial charge in [-0.3, -0.25) is 0 Å². The van der Waals surface area contributed by atoms with Gasteiger partial charge in [-0.05, 0) is 80.4 Å². The molecule has 1 heterocycles. The van der Waals surface area contributed by atoms with Crippen molar-refractivity contribution in [2.75, 3.05) is 14.2 Å². The molecule has 2 bridgehead atoms. The van der Waals surface area contributed by atoms with Gasteiger partial charge in [0.1, 0.15) is 23.0 Å². The van der Waals surface area contributed by atoms with E-state index in [0.29, 0.717) is 35.8 Å². The molecule has 2 aliphatic rings. The molecule has 2 aliphatic carbocycles. The van der Waals surface area contributed by atoms with Crippen LogP contribution in [0.2, 0.25) is 0 Å². The summed E-state index contributed by atoms with van der Waals surface area (Å²) in [6, 6.07) is 16.8. The van der Waals surface area contributed by atoms with Crippen LogP contribution < -0.4 is 29.0 Å². The Hall–Kier alpha value is -4.79. The number of rotatable bonds is 6. The summed E-state index contributed by atoms with van der Waals surface area (Å²) in [6.07, 6.45) is 3.88. The number of nitrogens with zero attached hydrogens (tertiary/aromatic N) is 1. The molecule has 2 aromatic carbocycles. The first-order valence-corrected chi connectivity index (χ1v) is 12.9. The Kier molecular flexibility index (Phi) is 7.46. The van der Waals surface area contributed by atoms with Crippen molar-refractivity contribution in [2.45, 2.75) is 32.2 Å². The van der Waals surface area contributed by atoms with Crippen molar-refractivity contribution in [3.8, 4) is 28.9 Å². The zero-order valence-corrected chi connectivity index (χ0v) is 22.7. The van der Waals surface area contributed by atoms with E-state index in [9.17, 15) is 9.59 Å². The highest BCUT2D eigenvalue weighted by molar-refractivity contribution is 5.74. The Labute approximate surface area is 232 Å². The Morgan fingerprint density at radius 3 is 2.08 bits per heavy atom. The van der Waals surface area contributed by atoms with Crippen molar-refractivity contribution < 1.29 is 33.3 Å². The number of pyridine rings is 1. The Morgan fingerprint density at radius 1 is 0.875 bits per heavy atom. The van der Waals surface area contributed by atoms with Gasteiger partial charge in [0, 0.05) is 24.0 Å². The van der Waals surface area contributed by atoms with Crippen LogP contribution in [0.25, 0.3) is 0 Å². The number of methoxy groups -OCH3 is 2. The van der Waals surface area contributed by atoms with Crippen LogP contribution in [-0.4, -0.2) is 31.5 Å². The highest BCUT2D eigenvalue weighted by atomic mass is 16.7. The summed E-state index contributed by atoms with van der Waals surface area (Å²) in [5.74, 6) is 2.14. The molecule has 1 aromatic heterocycles. The molecule has 0 aliphatic heterocycles. The van der Waals surface area contributed by atoms with Crippen LogP contribution >= 0.6 is 0 Å². The van der Waals surface area contributed by atoms with E-state index in [-0.39, 0.29) is 11.8 Å². The lowest BCUT2D eigenvalue weighted by Gasteiger charge is -2.47. The predicted molar refractivity (Wildman–Crippen MR) is 147 cm³/mol. The number of amides is 1. The molecule has 9 heteroatoms. The number of hydrogen-bond acceptors (Lipinski definition) is 8. The van der Waals surface area contributed by atoms with Crippen LogP contribution in [0.5, 0.6) is 28.9 Å². The third kappa shape index (κ3) is 5.36. The SMILES string of the molecule is CC=C1C2C=C(C)CC1(NC(=O)Oc1ccc(OC)cc1)c1ccc(OC(=O)Oc3ccc(OC)cc3)nc1C2. The second kappa shape index (κ2) is 11.1. The monoisotopic (exact) mass is 542 g/mol. The standard InChI is InChI=1S/C31H30N2O7/c1-5-25-20-16-19(2)18-31(25,33-29(34)38-23-10-6-21(36-3)7-11-23)26-14-15-28(32-27(26)17-20)40-30(35)39-24-12-8-22(37-4)9-13-24/h5-16,20H,17-18H2,1-4H3,(H,33,34). The van der Waals surface area contributed by atoms with Gasteiger partial charge in [0.15, 0.2) is 0 Å². The molecule has 0 saturated heterocycles. The summed E-state index contributed by atoms with van der Waals surface area (Å²) in [5.41, 5.74) is 2.90. The van der Waals surface area contributed by atoms with Gasteiger partial charge in [0.25, 0.3) is 0 Å². The number of carbonyl (C=O) groups is 2. The molecular formula is C31H30N2O7. The first-order valence-electron chi connectivity index (χ1n) is 12.9. The number of ether oxygens (including phenoxy) is 5. The van der Waals surface area contributed by atoms with E-state index >= 15 is 0 Å². The van der Waals surface area contributed by atoms with Gasteiger partial charge in [0.05, 0.1) is 25.5 Å². The predicted octanol–water partition coefficient (Wildman–Crippen LogP) is 6.13. The maximum absolute atomic E-state index is 13.2. The highest BCUT2D eigenvalue weighted by Crippen LogP contribution is 2.50. The number of nitrogens with one attached hydrogen (secondary N) is 1. The lowest BCUT2D eigenvalue weighted by molar-refractivity contribution is 0.149. The van der Waals surface area contributed by atoms with Gasteiger partial charge in [-0.25, -0.2) is 14.6 Å². The Balaban J connectivity index is 1.39. The zero-order valence-electron chi connectivity index (χ0n) is 22.7. The maximum Gasteiger partial charge on any atom is 0.520 e. The van der Waals surface area contributed by atoms with E-state index in [0.717, 1.165) is 22.4 Å². The molecule has 0 saturated carbocycles. The topological polar surface area (TPSA) is 105 Å². The molecule has 0 spiro atoms. The molecule has 0 radical (unpaired) electrons. The van der Waals surface area contributed by atoms with E-state index in [4.69, 9.17) is 23.7 Å². The molecule has 1 amide bonds. The van der Waals surface area contributed by atoms with Crippen LogP contribution in [0.4, 0.5) is 9.59 Å². The van der Waals surface area contributed by atoms with Gasteiger partial charge >= 0.3 is 12.2 Å². The quantitative estimate of drug-likeness (QED) is 0.225. The Bertz CT molecular complexity index is 1480. The fourth-order valence-electron chi connectivity index (χ4n) is 5.48. The minimum absolute atomic E-state index is 0.0153. The zero-order chi connectivity index (χ0) is 28.3. The number of allylic oxidation sites excluding steroid dienone is 2. The van der Waals surface area contributed by atoms with Crippen molar-refractivity contribution in [1.29, 1.82) is 0 Å². The van der Waals surface area contributed by atoms with Gasteiger partial charge in [-0.1, -0.05) is 17.7 Å². The number of carbonyl (C=O) groups excluding carboxylic acids is 2. The Morgan fingerprint density at radius 2 is 1.48 bits per heavy atom. The van der Waals surface area contributed by atoms with Crippen LogP contribution in [0.3, 0.4) is 0 Å². The number of benzene rings is 2. The summed E-state index contributed by atoms with van der Waals surface area (Å²) < 4.78 is 26.6. The van der Waals surface area contributed by atoms with Gasteiger partial charge in [0.2, 0.25) is 5.88 Å². The molecule has 0 fully saturated rings. The molecule has 2 unspecified atom stereocenters. The van der Waals surface area contributed by atoms with Crippen molar-refractivity contribution >= 4 is 12.2 Å². The van der Waals surface area contributed by atoms with Crippen LogP contribution in [0, 0.1) is 5.92 Å². The lowest BCUT2D eigenvalue weighted by Crippen LogP contribution is -2.54. The largest absolute Gasteiger partial charge is 0.520 e. The highest BCUT2D eigenvalue weighted by Gasteiger charge is 2.48. The molecule has 3 aromatic rings. The summed E-state index contributed by atoms with van der Waals surface area (Å²) in [5, 5.41) is 3.15. The van der Waals surface area contributed by atoms with Crippen molar-refractivity contribution in [1.82, 2.24) is 10.3 Å². The third-order valence-electron chi connectivity index (χ3n) is 7.09. The normalized spacial score (nSPS) is 20.1. The van der Waals surface area contributed by atoms with Crippen molar-refractivity contribution in [3.05, 3.63) is 95.2 Å². The fraction of sp³-hybridized carbons (Fsp3) is 0.258. The van der Waals surface area contributed by atoms with Crippen LogP contribution in [-0.2, 0) is 12.0 Å². The van der Waals surface area contributed by atoms with Gasteiger partial charge in [-0.15, -0.1) is 0 Å². The minimum atomic E-state index is -0.908. The van der Waals surface area contributed by atoms with E-state index in [1.165, 1.54) is 0 Å². The first-order chi connectivity index (χ1) is 19.3. The third-order valence-corrected chi connectivity index (χ3v) is 7.09. The number of aromatic nitrogens is 1. The fourth-order valence-corrected chi connectivity index (χ4v) is 5.48. The molecule has 206 valence electrons. The van der Waals surface area contributed by atoms with Crippen molar-refractivity contribution in [3.63, 3.8) is 0 Å². The second-order valence-electron chi connectivity index (χ2n) is 9.61. The molecular weight excluding hydrogens is 512 g/mol. The van der Waals surface area contributed by atoms with E-state index in [1.54, 1.807) is 68.8 Å². The van der Waals surface area contributed by atoms with E-state index in [2.05, 4.69) is 23.3 Å². The summed E-state index contributed by atoms with van der Waals surface area (Å²) in [6.45, 7) is 4.02. The smallest absolute Gasteiger partial charge is 0.497 e. The lowest BCUT2D eigenvalue weighted by atomic mass is 9.63. The van der Waals surface area contributed by atoms with Gasteiger partial charge in [-0.2, -0.15) is 0 Å². The molecule has 2 atom stereocenters. The summed E-state index contributed by atoms with van der Waals surface area (Å²) >= 11 is 0. The molecule has 9 nitrogen and oxygen atoms in total. The van der Waals surface area contributed by atoms with E-state index < -0.39 is 17.8 Å². The summed E-state index contributed by atoms with van der Waals surface area (Å²) in [4.78, 5) is 30.3. The average molecular weight is 543 g/mol.